The van der Waals surface area contributed by atoms with E-state index in [4.69, 9.17) is 0 Å². The predicted octanol–water partition coefficient (Wildman–Crippen LogP) is 1.66. The van der Waals surface area contributed by atoms with E-state index in [9.17, 15) is 14.7 Å². The number of amides is 1. The number of carbonyl (C=O) groups is 2. The summed E-state index contributed by atoms with van der Waals surface area (Å²) in [5.74, 6) is -1.13. The van der Waals surface area contributed by atoms with Gasteiger partial charge in [-0.25, -0.2) is 9.48 Å². The van der Waals surface area contributed by atoms with E-state index in [0.717, 1.165) is 21.6 Å². The van der Waals surface area contributed by atoms with Gasteiger partial charge in [0.1, 0.15) is 4.83 Å². The molecule has 0 unspecified atom stereocenters. The average molecular weight is 359 g/mol. The van der Waals surface area contributed by atoms with E-state index in [1.807, 2.05) is 37.3 Å². The Morgan fingerprint density at radius 2 is 2.08 bits per heavy atom. The maximum Gasteiger partial charge on any atom is 0.330 e. The van der Waals surface area contributed by atoms with Crippen LogP contribution in [0.3, 0.4) is 0 Å². The fourth-order valence-electron chi connectivity index (χ4n) is 2.45. The molecule has 8 heteroatoms. The minimum atomic E-state index is -1.09. The maximum atomic E-state index is 12.4. The van der Waals surface area contributed by atoms with Crippen LogP contribution in [0.1, 0.15) is 15.4 Å². The largest absolute Gasteiger partial charge is 0.467 e. The zero-order chi connectivity index (χ0) is 18.0. The molecule has 2 heterocycles. The molecular weight excluding hydrogens is 342 g/mol. The van der Waals surface area contributed by atoms with Crippen LogP contribution < -0.4 is 5.32 Å². The number of aliphatic hydroxyl groups is 1. The van der Waals surface area contributed by atoms with Crippen molar-refractivity contribution in [1.29, 1.82) is 0 Å². The second-order valence-corrected chi connectivity index (χ2v) is 6.42. The predicted molar refractivity (Wildman–Crippen MR) is 94.0 cm³/mol. The van der Waals surface area contributed by atoms with E-state index in [-0.39, 0.29) is 0 Å². The van der Waals surface area contributed by atoms with Crippen molar-refractivity contribution >= 4 is 33.4 Å². The van der Waals surface area contributed by atoms with Crippen LogP contribution >= 0.6 is 11.3 Å². The van der Waals surface area contributed by atoms with E-state index in [1.165, 1.54) is 18.4 Å². The van der Waals surface area contributed by atoms with Crippen LogP contribution in [-0.2, 0) is 9.53 Å². The first-order chi connectivity index (χ1) is 12.0. The number of ether oxygens (including phenoxy) is 1. The molecule has 0 saturated carbocycles. The number of hydrogen-bond donors (Lipinski definition) is 2. The first-order valence-electron chi connectivity index (χ1n) is 7.59. The van der Waals surface area contributed by atoms with Crippen molar-refractivity contribution in [1.82, 2.24) is 15.1 Å². The van der Waals surface area contributed by atoms with Crippen molar-refractivity contribution in [2.75, 3.05) is 13.7 Å². The summed E-state index contributed by atoms with van der Waals surface area (Å²) in [4.78, 5) is 25.2. The third kappa shape index (κ3) is 3.26. The molecular formula is C17H17N3O4S. The molecule has 2 N–H and O–H groups in total. The first kappa shape index (κ1) is 17.1. The molecule has 1 aromatic carbocycles. The van der Waals surface area contributed by atoms with Gasteiger partial charge in [0.2, 0.25) is 0 Å². The zero-order valence-corrected chi connectivity index (χ0v) is 14.5. The number of fused-ring (bicyclic) bond motifs is 1. The lowest BCUT2D eigenvalue weighted by molar-refractivity contribution is -0.143. The molecule has 0 spiro atoms. The lowest BCUT2D eigenvalue weighted by atomic mass is 10.2. The smallest absolute Gasteiger partial charge is 0.330 e. The van der Waals surface area contributed by atoms with Gasteiger partial charge >= 0.3 is 5.97 Å². The lowest BCUT2D eigenvalue weighted by Crippen LogP contribution is -2.43. The number of aromatic nitrogens is 2. The summed E-state index contributed by atoms with van der Waals surface area (Å²) in [6.45, 7) is 1.35. The average Bonchev–Trinajstić information content (AvgIpc) is 3.20. The van der Waals surface area contributed by atoms with Crippen molar-refractivity contribution in [3.05, 3.63) is 47.0 Å². The van der Waals surface area contributed by atoms with Gasteiger partial charge in [0, 0.05) is 5.39 Å². The zero-order valence-electron chi connectivity index (χ0n) is 13.7. The molecule has 3 rings (SSSR count). The molecule has 7 nitrogen and oxygen atoms in total. The molecule has 130 valence electrons. The molecule has 3 aromatic rings. The Kier molecular flexibility index (Phi) is 4.82. The molecule has 1 atom stereocenters. The Balaban J connectivity index is 1.94. The van der Waals surface area contributed by atoms with Crippen LogP contribution in [0.25, 0.3) is 15.9 Å². The normalized spacial score (nSPS) is 12.1. The molecule has 1 amide bonds. The molecule has 0 saturated heterocycles. The summed E-state index contributed by atoms with van der Waals surface area (Å²) < 4.78 is 6.34. The van der Waals surface area contributed by atoms with Gasteiger partial charge in [-0.05, 0) is 25.1 Å². The van der Waals surface area contributed by atoms with E-state index < -0.39 is 24.5 Å². The number of esters is 1. The van der Waals surface area contributed by atoms with Gasteiger partial charge in [0.25, 0.3) is 5.91 Å². The highest BCUT2D eigenvalue weighted by molar-refractivity contribution is 7.20. The van der Waals surface area contributed by atoms with Gasteiger partial charge in [0.15, 0.2) is 6.04 Å². The van der Waals surface area contributed by atoms with Crippen molar-refractivity contribution < 1.29 is 19.4 Å². The summed E-state index contributed by atoms with van der Waals surface area (Å²) in [7, 11) is 1.20. The Morgan fingerprint density at radius 1 is 1.36 bits per heavy atom. The molecule has 25 heavy (non-hydrogen) atoms. The number of carbonyl (C=O) groups excluding carboxylic acids is 2. The van der Waals surface area contributed by atoms with Gasteiger partial charge in [-0.2, -0.15) is 5.10 Å². The molecule has 0 aliphatic rings. The number of nitrogens with one attached hydrogen (secondary N) is 1. The minimum absolute atomic E-state index is 0.433. The second kappa shape index (κ2) is 7.04. The van der Waals surface area contributed by atoms with Gasteiger partial charge in [-0.3, -0.25) is 4.79 Å². The number of hydrogen-bond acceptors (Lipinski definition) is 6. The van der Waals surface area contributed by atoms with Gasteiger partial charge in [-0.1, -0.05) is 18.2 Å². The molecule has 0 aliphatic heterocycles. The van der Waals surface area contributed by atoms with Crippen molar-refractivity contribution in [3.63, 3.8) is 0 Å². The molecule has 2 aromatic heterocycles. The molecule has 0 fully saturated rings. The highest BCUT2D eigenvalue weighted by Crippen LogP contribution is 2.30. The van der Waals surface area contributed by atoms with Crippen molar-refractivity contribution in [2.45, 2.75) is 13.0 Å². The standard InChI is InChI=1S/C17H17N3O4S/c1-10-12-8-14(15(22)18-13(9-21)17(23)24-2)25-16(12)20(19-10)11-6-4-3-5-7-11/h3-8,13,21H,9H2,1-2H3,(H,18,22)/t13-/m0/s1. The Bertz CT molecular complexity index is 917. The maximum absolute atomic E-state index is 12.4. The number of nitrogens with zero attached hydrogens (tertiary/aromatic N) is 2. The fraction of sp³-hybridized carbons (Fsp3) is 0.235. The monoisotopic (exact) mass is 359 g/mol. The summed E-state index contributed by atoms with van der Waals surface area (Å²) in [5, 5.41) is 17.1. The summed E-state index contributed by atoms with van der Waals surface area (Å²) in [6.07, 6.45) is 0. The van der Waals surface area contributed by atoms with Crippen LogP contribution in [0.15, 0.2) is 36.4 Å². The molecule has 0 radical (unpaired) electrons. The van der Waals surface area contributed by atoms with Gasteiger partial charge < -0.3 is 15.2 Å². The van der Waals surface area contributed by atoms with Crippen LogP contribution in [0.5, 0.6) is 0 Å². The Morgan fingerprint density at radius 3 is 2.72 bits per heavy atom. The fourth-order valence-corrected chi connectivity index (χ4v) is 3.54. The third-order valence-electron chi connectivity index (χ3n) is 3.74. The topological polar surface area (TPSA) is 93.4 Å². The number of benzene rings is 1. The lowest BCUT2D eigenvalue weighted by Gasteiger charge is -2.12. The molecule has 0 aliphatic carbocycles. The minimum Gasteiger partial charge on any atom is -0.467 e. The van der Waals surface area contributed by atoms with Crippen LogP contribution in [0.2, 0.25) is 0 Å². The van der Waals surface area contributed by atoms with Crippen molar-refractivity contribution in [3.8, 4) is 5.69 Å². The number of aliphatic hydroxyl groups excluding tert-OH is 1. The highest BCUT2D eigenvalue weighted by Gasteiger charge is 2.23. The quantitative estimate of drug-likeness (QED) is 0.676. The number of methoxy groups -OCH3 is 1. The number of thiophene rings is 1. The summed E-state index contributed by atoms with van der Waals surface area (Å²) >= 11 is 1.27. The third-order valence-corrected chi connectivity index (χ3v) is 4.85. The number of rotatable bonds is 5. The first-order valence-corrected chi connectivity index (χ1v) is 8.41. The number of aryl methyl sites for hydroxylation is 1. The summed E-state index contributed by atoms with van der Waals surface area (Å²) in [6, 6.07) is 10.3. The highest BCUT2D eigenvalue weighted by atomic mass is 32.1. The van der Waals surface area contributed by atoms with E-state index in [1.54, 1.807) is 10.7 Å². The van der Waals surface area contributed by atoms with Crippen LogP contribution in [0, 0.1) is 6.92 Å². The number of para-hydroxylation sites is 1. The van der Waals surface area contributed by atoms with Gasteiger partial charge in [-0.15, -0.1) is 11.3 Å². The van der Waals surface area contributed by atoms with Crippen molar-refractivity contribution in [2.24, 2.45) is 0 Å². The van der Waals surface area contributed by atoms with Gasteiger partial charge in [0.05, 0.1) is 30.0 Å². The SMILES string of the molecule is COC(=O)[C@H](CO)NC(=O)c1cc2c(C)nn(-c3ccccc3)c2s1. The Labute approximate surface area is 147 Å². The Hall–Kier alpha value is -2.71. The van der Waals surface area contributed by atoms with E-state index in [0.29, 0.717) is 4.88 Å². The van der Waals surface area contributed by atoms with E-state index in [2.05, 4.69) is 15.2 Å². The molecule has 0 bridgehead atoms. The van der Waals surface area contributed by atoms with Crippen LogP contribution in [-0.4, -0.2) is 46.5 Å². The van der Waals surface area contributed by atoms with Crippen LogP contribution in [0.4, 0.5) is 0 Å². The second-order valence-electron chi connectivity index (χ2n) is 5.39. The summed E-state index contributed by atoms with van der Waals surface area (Å²) in [5.41, 5.74) is 1.71. The van der Waals surface area contributed by atoms with E-state index >= 15 is 0 Å².